The van der Waals surface area contributed by atoms with Crippen molar-refractivity contribution in [2.45, 2.75) is 20.0 Å². The Hall–Kier alpha value is -2.32. The molecule has 1 aromatic heterocycles. The van der Waals surface area contributed by atoms with Crippen LogP contribution in [-0.4, -0.2) is 9.13 Å². The van der Waals surface area contributed by atoms with E-state index in [0.717, 1.165) is 4.57 Å². The molecule has 2 rings (SSSR count). The lowest BCUT2D eigenvalue weighted by atomic mass is 10.2. The third-order valence-electron chi connectivity index (χ3n) is 2.98. The number of rotatable bonds is 3. The first kappa shape index (κ1) is 14.1. The normalized spacial score (nSPS) is 10.2. The van der Waals surface area contributed by atoms with Crippen molar-refractivity contribution in [1.29, 1.82) is 5.26 Å². The Morgan fingerprint density at radius 1 is 1.30 bits per heavy atom. The first-order chi connectivity index (χ1) is 9.58. The van der Waals surface area contributed by atoms with E-state index in [2.05, 4.69) is 0 Å². The Balaban J connectivity index is 2.63. The van der Waals surface area contributed by atoms with Crippen LogP contribution in [0.3, 0.4) is 0 Å². The second kappa shape index (κ2) is 5.76. The Labute approximate surface area is 120 Å². The number of benzene rings is 1. The van der Waals surface area contributed by atoms with Gasteiger partial charge in [-0.1, -0.05) is 29.8 Å². The minimum absolute atomic E-state index is 0.0485. The molecular weight excluding hydrogens is 278 g/mol. The van der Waals surface area contributed by atoms with Gasteiger partial charge in [0.1, 0.15) is 11.6 Å². The molecule has 1 aromatic carbocycles. The molecule has 0 unspecified atom stereocenters. The summed E-state index contributed by atoms with van der Waals surface area (Å²) in [6, 6.07) is 8.79. The summed E-state index contributed by atoms with van der Waals surface area (Å²) in [6.07, 6.45) is 1.29. The first-order valence-corrected chi connectivity index (χ1v) is 6.44. The highest BCUT2D eigenvalue weighted by atomic mass is 35.5. The standard InChI is InChI=1S/C14H12ClN3O2/c1-2-17-8-11(7-16)13(19)18(14(17)20)9-10-5-3-4-6-12(10)15/h3-6,8H,2,9H2,1H3. The van der Waals surface area contributed by atoms with Crippen LogP contribution in [0.4, 0.5) is 0 Å². The van der Waals surface area contributed by atoms with Crippen molar-refractivity contribution in [3.63, 3.8) is 0 Å². The van der Waals surface area contributed by atoms with E-state index in [1.54, 1.807) is 31.2 Å². The smallest absolute Gasteiger partial charge is 0.299 e. The predicted octanol–water partition coefficient (Wildman–Crippen LogP) is 1.60. The zero-order valence-electron chi connectivity index (χ0n) is 10.8. The molecule has 0 atom stereocenters. The van der Waals surface area contributed by atoms with E-state index >= 15 is 0 Å². The fourth-order valence-electron chi connectivity index (χ4n) is 1.89. The first-order valence-electron chi connectivity index (χ1n) is 6.06. The average Bonchev–Trinajstić information content (AvgIpc) is 2.45. The maximum absolute atomic E-state index is 12.2. The largest absolute Gasteiger partial charge is 0.331 e. The summed E-state index contributed by atoms with van der Waals surface area (Å²) in [6.45, 7) is 2.20. The molecule has 0 amide bonds. The minimum Gasteiger partial charge on any atom is -0.299 e. The van der Waals surface area contributed by atoms with Crippen molar-refractivity contribution in [1.82, 2.24) is 9.13 Å². The number of halogens is 1. The van der Waals surface area contributed by atoms with Crippen LogP contribution in [0, 0.1) is 11.3 Å². The van der Waals surface area contributed by atoms with Crippen molar-refractivity contribution in [3.05, 3.63) is 67.4 Å². The molecule has 0 radical (unpaired) electrons. The monoisotopic (exact) mass is 289 g/mol. The molecule has 0 saturated carbocycles. The molecule has 1 heterocycles. The summed E-state index contributed by atoms with van der Waals surface area (Å²) in [5.41, 5.74) is -0.442. The van der Waals surface area contributed by atoms with Crippen LogP contribution < -0.4 is 11.2 Å². The molecule has 5 nitrogen and oxygen atoms in total. The molecule has 0 aliphatic carbocycles. The second-order valence-electron chi connectivity index (χ2n) is 4.21. The fraction of sp³-hybridized carbons (Fsp3) is 0.214. The molecule has 0 N–H and O–H groups in total. The lowest BCUT2D eigenvalue weighted by molar-refractivity contribution is 0.597. The zero-order valence-corrected chi connectivity index (χ0v) is 11.6. The number of hydrogen-bond acceptors (Lipinski definition) is 3. The molecule has 0 aliphatic heterocycles. The number of nitriles is 1. The number of hydrogen-bond donors (Lipinski definition) is 0. The van der Waals surface area contributed by atoms with Crippen LogP contribution in [0.1, 0.15) is 18.1 Å². The van der Waals surface area contributed by atoms with Crippen LogP contribution in [-0.2, 0) is 13.1 Å². The highest BCUT2D eigenvalue weighted by Crippen LogP contribution is 2.14. The van der Waals surface area contributed by atoms with Gasteiger partial charge in [-0.05, 0) is 18.6 Å². The highest BCUT2D eigenvalue weighted by molar-refractivity contribution is 6.31. The van der Waals surface area contributed by atoms with Crippen LogP contribution >= 0.6 is 11.6 Å². The summed E-state index contributed by atoms with van der Waals surface area (Å²) in [4.78, 5) is 24.3. The number of aromatic nitrogens is 2. The lowest BCUT2D eigenvalue weighted by Gasteiger charge is -2.10. The Morgan fingerprint density at radius 2 is 2.00 bits per heavy atom. The van der Waals surface area contributed by atoms with E-state index in [9.17, 15) is 9.59 Å². The van der Waals surface area contributed by atoms with Crippen LogP contribution in [0.25, 0.3) is 0 Å². The van der Waals surface area contributed by atoms with Gasteiger partial charge in [0.25, 0.3) is 5.56 Å². The second-order valence-corrected chi connectivity index (χ2v) is 4.61. The Kier molecular flexibility index (Phi) is 4.06. The van der Waals surface area contributed by atoms with Crippen molar-refractivity contribution in [3.8, 4) is 6.07 Å². The van der Waals surface area contributed by atoms with E-state index in [1.165, 1.54) is 10.8 Å². The van der Waals surface area contributed by atoms with E-state index in [1.807, 2.05) is 6.07 Å². The van der Waals surface area contributed by atoms with Crippen LogP contribution in [0.5, 0.6) is 0 Å². The molecular formula is C14H12ClN3O2. The van der Waals surface area contributed by atoms with Gasteiger partial charge < -0.3 is 0 Å². The summed E-state index contributed by atoms with van der Waals surface area (Å²) in [5.74, 6) is 0. The third kappa shape index (κ3) is 2.51. The summed E-state index contributed by atoms with van der Waals surface area (Å²) in [7, 11) is 0. The average molecular weight is 290 g/mol. The van der Waals surface area contributed by atoms with Gasteiger partial charge in [-0.3, -0.25) is 13.9 Å². The van der Waals surface area contributed by atoms with E-state index < -0.39 is 11.2 Å². The molecule has 0 aliphatic rings. The molecule has 102 valence electrons. The van der Waals surface area contributed by atoms with Crippen molar-refractivity contribution < 1.29 is 0 Å². The summed E-state index contributed by atoms with van der Waals surface area (Å²) >= 11 is 6.04. The molecule has 0 fully saturated rings. The van der Waals surface area contributed by atoms with Gasteiger partial charge in [-0.2, -0.15) is 5.26 Å². The summed E-state index contributed by atoms with van der Waals surface area (Å²) in [5, 5.41) is 9.45. The highest BCUT2D eigenvalue weighted by Gasteiger charge is 2.12. The lowest BCUT2D eigenvalue weighted by Crippen LogP contribution is -2.40. The van der Waals surface area contributed by atoms with Gasteiger partial charge in [-0.25, -0.2) is 4.79 Å². The Morgan fingerprint density at radius 3 is 2.60 bits per heavy atom. The topological polar surface area (TPSA) is 67.8 Å². The maximum atomic E-state index is 12.2. The number of nitrogens with zero attached hydrogens (tertiary/aromatic N) is 3. The van der Waals surface area contributed by atoms with Gasteiger partial charge in [0, 0.05) is 17.8 Å². The van der Waals surface area contributed by atoms with E-state index in [0.29, 0.717) is 17.1 Å². The summed E-state index contributed by atoms with van der Waals surface area (Å²) < 4.78 is 2.36. The van der Waals surface area contributed by atoms with E-state index in [-0.39, 0.29) is 12.1 Å². The molecule has 2 aromatic rings. The van der Waals surface area contributed by atoms with E-state index in [4.69, 9.17) is 16.9 Å². The molecule has 6 heteroatoms. The molecule has 0 saturated heterocycles. The molecule has 20 heavy (non-hydrogen) atoms. The number of aryl methyl sites for hydroxylation is 1. The predicted molar refractivity (Wildman–Crippen MR) is 75.9 cm³/mol. The quantitative estimate of drug-likeness (QED) is 0.862. The van der Waals surface area contributed by atoms with Gasteiger partial charge in [0.15, 0.2) is 0 Å². The van der Waals surface area contributed by atoms with Gasteiger partial charge >= 0.3 is 5.69 Å². The molecule has 0 spiro atoms. The maximum Gasteiger partial charge on any atom is 0.331 e. The zero-order chi connectivity index (χ0) is 14.7. The minimum atomic E-state index is -0.595. The van der Waals surface area contributed by atoms with Crippen molar-refractivity contribution in [2.75, 3.05) is 0 Å². The fourth-order valence-corrected chi connectivity index (χ4v) is 2.09. The van der Waals surface area contributed by atoms with Crippen LogP contribution in [0.2, 0.25) is 5.02 Å². The SMILES string of the molecule is CCn1cc(C#N)c(=O)n(Cc2ccccc2Cl)c1=O. The van der Waals surface area contributed by atoms with Gasteiger partial charge in [0.2, 0.25) is 0 Å². The van der Waals surface area contributed by atoms with Gasteiger partial charge in [0.05, 0.1) is 6.54 Å². The Bertz CT molecular complexity index is 799. The van der Waals surface area contributed by atoms with Crippen LogP contribution in [0.15, 0.2) is 40.1 Å². The third-order valence-corrected chi connectivity index (χ3v) is 3.35. The van der Waals surface area contributed by atoms with Crippen molar-refractivity contribution in [2.24, 2.45) is 0 Å². The van der Waals surface area contributed by atoms with Gasteiger partial charge in [-0.15, -0.1) is 0 Å². The molecule has 0 bridgehead atoms. The van der Waals surface area contributed by atoms with Crippen molar-refractivity contribution >= 4 is 11.6 Å².